The van der Waals surface area contributed by atoms with E-state index in [-0.39, 0.29) is 12.0 Å². The van der Waals surface area contributed by atoms with E-state index in [0.29, 0.717) is 37.7 Å². The number of amides is 1. The van der Waals surface area contributed by atoms with Crippen LogP contribution in [0.3, 0.4) is 0 Å². The predicted octanol–water partition coefficient (Wildman–Crippen LogP) is 1.20. The van der Waals surface area contributed by atoms with Gasteiger partial charge in [0.25, 0.3) is 5.91 Å². The van der Waals surface area contributed by atoms with Crippen molar-refractivity contribution in [3.63, 3.8) is 0 Å². The molecule has 0 N–H and O–H groups in total. The summed E-state index contributed by atoms with van der Waals surface area (Å²) < 4.78 is 16.3. The van der Waals surface area contributed by atoms with Crippen molar-refractivity contribution in [3.05, 3.63) is 36.5 Å². The summed E-state index contributed by atoms with van der Waals surface area (Å²) in [5.41, 5.74) is 0.567. The third-order valence-corrected chi connectivity index (χ3v) is 4.45. The second-order valence-electron chi connectivity index (χ2n) is 6.11. The number of rotatable bonds is 4. The number of anilines is 1. The largest absolute Gasteiger partial charge is 0.472 e. The van der Waals surface area contributed by atoms with Crippen molar-refractivity contribution < 1.29 is 18.7 Å². The molecule has 0 aromatic carbocycles. The van der Waals surface area contributed by atoms with Gasteiger partial charge in [-0.25, -0.2) is 9.97 Å². The third kappa shape index (κ3) is 3.58. The maximum atomic E-state index is 12.3. The van der Waals surface area contributed by atoms with Crippen molar-refractivity contribution >= 4 is 11.7 Å². The molecule has 0 spiro atoms. The number of carbonyl (C=O) groups excluding carboxylic acids is 1. The second-order valence-corrected chi connectivity index (χ2v) is 6.11. The first kappa shape index (κ1) is 15.9. The fraction of sp³-hybridized carbons (Fsp3) is 0.471. The molecule has 1 amide bonds. The minimum Gasteiger partial charge on any atom is -0.472 e. The Labute approximate surface area is 145 Å². The van der Waals surface area contributed by atoms with Gasteiger partial charge in [-0.05, 0) is 6.07 Å². The molecule has 1 atom stereocenters. The molecule has 2 saturated heterocycles. The lowest BCUT2D eigenvalue weighted by Gasteiger charge is -2.27. The van der Waals surface area contributed by atoms with Gasteiger partial charge in [-0.1, -0.05) is 0 Å². The Morgan fingerprint density at radius 2 is 2.12 bits per heavy atom. The molecule has 2 aromatic rings. The van der Waals surface area contributed by atoms with Crippen LogP contribution >= 0.6 is 0 Å². The maximum absolute atomic E-state index is 12.3. The van der Waals surface area contributed by atoms with E-state index in [1.165, 1.54) is 18.9 Å². The highest BCUT2D eigenvalue weighted by molar-refractivity contribution is 5.94. The summed E-state index contributed by atoms with van der Waals surface area (Å²) >= 11 is 0. The van der Waals surface area contributed by atoms with E-state index in [2.05, 4.69) is 14.9 Å². The SMILES string of the molecule is O=C(c1ccoc1)N1CCC(Oc2cc(N3CCOCC3)ncn2)C1. The molecule has 2 fully saturated rings. The third-order valence-electron chi connectivity index (χ3n) is 4.45. The van der Waals surface area contributed by atoms with Crippen molar-refractivity contribution in [3.8, 4) is 5.88 Å². The van der Waals surface area contributed by atoms with Crippen LogP contribution in [0.15, 0.2) is 35.4 Å². The second kappa shape index (κ2) is 7.10. The average molecular weight is 344 g/mol. The standard InChI is InChI=1S/C17H20N4O4/c22-17(13-2-6-24-11-13)21-3-1-14(10-21)25-16-9-15(18-12-19-16)20-4-7-23-8-5-20/h2,6,9,11-12,14H,1,3-5,7-8,10H2. The number of carbonyl (C=O) groups is 1. The van der Waals surface area contributed by atoms with E-state index in [9.17, 15) is 4.79 Å². The van der Waals surface area contributed by atoms with Gasteiger partial charge in [-0.2, -0.15) is 0 Å². The lowest BCUT2D eigenvalue weighted by molar-refractivity contribution is 0.0770. The van der Waals surface area contributed by atoms with E-state index in [4.69, 9.17) is 13.9 Å². The molecule has 0 saturated carbocycles. The van der Waals surface area contributed by atoms with Crippen molar-refractivity contribution in [2.75, 3.05) is 44.3 Å². The highest BCUT2D eigenvalue weighted by atomic mass is 16.5. The fourth-order valence-corrected chi connectivity index (χ4v) is 3.11. The van der Waals surface area contributed by atoms with E-state index in [1.54, 1.807) is 11.0 Å². The van der Waals surface area contributed by atoms with Crippen LogP contribution in [0.2, 0.25) is 0 Å². The van der Waals surface area contributed by atoms with Crippen molar-refractivity contribution in [2.45, 2.75) is 12.5 Å². The number of furan rings is 1. The average Bonchev–Trinajstić information content (AvgIpc) is 3.34. The summed E-state index contributed by atoms with van der Waals surface area (Å²) in [7, 11) is 0. The minimum absolute atomic E-state index is 0.0310. The van der Waals surface area contributed by atoms with Crippen molar-refractivity contribution in [2.24, 2.45) is 0 Å². The zero-order chi connectivity index (χ0) is 17.1. The van der Waals surface area contributed by atoms with Crippen molar-refractivity contribution in [1.29, 1.82) is 0 Å². The van der Waals surface area contributed by atoms with Gasteiger partial charge in [0.15, 0.2) is 0 Å². The van der Waals surface area contributed by atoms with Gasteiger partial charge in [0, 0.05) is 32.1 Å². The van der Waals surface area contributed by atoms with Gasteiger partial charge in [0.1, 0.15) is 24.5 Å². The molecule has 2 aliphatic rings. The van der Waals surface area contributed by atoms with E-state index < -0.39 is 0 Å². The molecule has 132 valence electrons. The zero-order valence-electron chi connectivity index (χ0n) is 13.8. The predicted molar refractivity (Wildman–Crippen MR) is 88.7 cm³/mol. The van der Waals surface area contributed by atoms with E-state index in [1.807, 2.05) is 6.07 Å². The van der Waals surface area contributed by atoms with Gasteiger partial charge in [0.05, 0.1) is 31.6 Å². The molecule has 2 aromatic heterocycles. The van der Waals surface area contributed by atoms with Crippen LogP contribution in [0.4, 0.5) is 5.82 Å². The Kier molecular flexibility index (Phi) is 4.51. The molecule has 8 heteroatoms. The van der Waals surface area contributed by atoms with Crippen LogP contribution < -0.4 is 9.64 Å². The molecule has 25 heavy (non-hydrogen) atoms. The Hall–Kier alpha value is -2.61. The monoisotopic (exact) mass is 344 g/mol. The van der Waals surface area contributed by atoms with E-state index >= 15 is 0 Å². The molecule has 8 nitrogen and oxygen atoms in total. The molecular weight excluding hydrogens is 324 g/mol. The molecule has 0 radical (unpaired) electrons. The van der Waals surface area contributed by atoms with Gasteiger partial charge < -0.3 is 23.7 Å². The molecule has 2 aliphatic heterocycles. The first-order valence-electron chi connectivity index (χ1n) is 8.42. The summed E-state index contributed by atoms with van der Waals surface area (Å²) in [6, 6.07) is 3.53. The van der Waals surface area contributed by atoms with Gasteiger partial charge in [-0.15, -0.1) is 0 Å². The van der Waals surface area contributed by atoms with Crippen LogP contribution in [-0.2, 0) is 4.74 Å². The highest BCUT2D eigenvalue weighted by Crippen LogP contribution is 2.21. The molecule has 0 bridgehead atoms. The summed E-state index contributed by atoms with van der Waals surface area (Å²) in [6.07, 6.45) is 5.20. The van der Waals surface area contributed by atoms with Crippen LogP contribution in [0.1, 0.15) is 16.8 Å². The first-order valence-corrected chi connectivity index (χ1v) is 8.42. The highest BCUT2D eigenvalue weighted by Gasteiger charge is 2.29. The van der Waals surface area contributed by atoms with Crippen molar-refractivity contribution in [1.82, 2.24) is 14.9 Å². The Bertz CT molecular complexity index is 715. The number of ether oxygens (including phenoxy) is 2. The smallest absolute Gasteiger partial charge is 0.257 e. The lowest BCUT2D eigenvalue weighted by Crippen LogP contribution is -2.36. The maximum Gasteiger partial charge on any atom is 0.257 e. The first-order chi connectivity index (χ1) is 12.3. The number of nitrogens with zero attached hydrogens (tertiary/aromatic N) is 4. The molecule has 4 heterocycles. The number of likely N-dealkylation sites (tertiary alicyclic amines) is 1. The zero-order valence-corrected chi connectivity index (χ0v) is 13.8. The number of morpholine rings is 1. The normalized spacial score (nSPS) is 20.7. The van der Waals surface area contributed by atoms with Crippen LogP contribution in [-0.4, -0.2) is 66.3 Å². The summed E-state index contributed by atoms with van der Waals surface area (Å²) in [6.45, 7) is 4.23. The summed E-state index contributed by atoms with van der Waals surface area (Å²) in [5, 5.41) is 0. The molecule has 1 unspecified atom stereocenters. The quantitative estimate of drug-likeness (QED) is 0.824. The molecule has 0 aliphatic carbocycles. The van der Waals surface area contributed by atoms with Gasteiger partial charge in [-0.3, -0.25) is 4.79 Å². The topological polar surface area (TPSA) is 80.9 Å². The Balaban J connectivity index is 1.37. The lowest BCUT2D eigenvalue weighted by atomic mass is 10.3. The minimum atomic E-state index is -0.0664. The summed E-state index contributed by atoms with van der Waals surface area (Å²) in [5.74, 6) is 1.35. The Morgan fingerprint density at radius 3 is 2.92 bits per heavy atom. The van der Waals surface area contributed by atoms with Crippen LogP contribution in [0, 0.1) is 0 Å². The van der Waals surface area contributed by atoms with Crippen LogP contribution in [0.5, 0.6) is 5.88 Å². The molecule has 4 rings (SSSR count). The van der Waals surface area contributed by atoms with E-state index in [0.717, 1.165) is 25.3 Å². The number of hydrogen-bond donors (Lipinski definition) is 0. The van der Waals surface area contributed by atoms with Gasteiger partial charge >= 0.3 is 0 Å². The Morgan fingerprint density at radius 1 is 1.24 bits per heavy atom. The number of hydrogen-bond acceptors (Lipinski definition) is 7. The van der Waals surface area contributed by atoms with Gasteiger partial charge in [0.2, 0.25) is 5.88 Å². The summed E-state index contributed by atoms with van der Waals surface area (Å²) in [4.78, 5) is 24.8. The molecular formula is C17H20N4O4. The van der Waals surface area contributed by atoms with Crippen LogP contribution in [0.25, 0.3) is 0 Å². The number of aromatic nitrogens is 2. The fourth-order valence-electron chi connectivity index (χ4n) is 3.11.